The zero-order chi connectivity index (χ0) is 14.4. The molecule has 1 unspecified atom stereocenters. The fourth-order valence-electron chi connectivity index (χ4n) is 5.75. The monoisotopic (exact) mass is 348 g/mol. The Morgan fingerprint density at radius 1 is 1.05 bits per heavy atom. The third-order valence-electron chi connectivity index (χ3n) is 6.32. The second-order valence-electron chi connectivity index (χ2n) is 7.80. The van der Waals surface area contributed by atoms with E-state index in [2.05, 4.69) is 40.2 Å². The maximum atomic E-state index is 5.26. The Bertz CT molecular complexity index is 472. The highest BCUT2D eigenvalue weighted by Gasteiger charge is 2.53. The molecule has 4 bridgehead atoms. The van der Waals surface area contributed by atoms with E-state index in [-0.39, 0.29) is 0 Å². The summed E-state index contributed by atoms with van der Waals surface area (Å²) in [6.07, 6.45) is 10.2. The average Bonchev–Trinajstić information content (AvgIpc) is 2.46. The Morgan fingerprint density at radius 2 is 1.57 bits per heavy atom. The molecule has 2 heteroatoms. The Labute approximate surface area is 136 Å². The molecule has 0 amide bonds. The minimum atomic E-state index is 0.592. The van der Waals surface area contributed by atoms with Crippen LogP contribution in [0.1, 0.15) is 44.1 Å². The zero-order valence-corrected chi connectivity index (χ0v) is 14.4. The molecule has 0 heterocycles. The maximum Gasteiger partial charge on any atom is 0.118 e. The van der Waals surface area contributed by atoms with E-state index < -0.39 is 0 Å². The highest BCUT2D eigenvalue weighted by atomic mass is 79.9. The first-order chi connectivity index (χ1) is 10.2. The van der Waals surface area contributed by atoms with Gasteiger partial charge in [0.2, 0.25) is 0 Å². The summed E-state index contributed by atoms with van der Waals surface area (Å²) in [5.41, 5.74) is 2.03. The maximum absolute atomic E-state index is 5.26. The molecule has 4 aliphatic rings. The minimum absolute atomic E-state index is 0.592. The van der Waals surface area contributed by atoms with Gasteiger partial charge in [0, 0.05) is 4.83 Å². The van der Waals surface area contributed by atoms with Gasteiger partial charge in [0.15, 0.2) is 0 Å². The van der Waals surface area contributed by atoms with Crippen LogP contribution in [0.15, 0.2) is 24.3 Å². The third kappa shape index (κ3) is 2.54. The molecule has 4 saturated carbocycles. The van der Waals surface area contributed by atoms with Gasteiger partial charge in [-0.15, -0.1) is 0 Å². The topological polar surface area (TPSA) is 9.23 Å². The van der Waals surface area contributed by atoms with Gasteiger partial charge < -0.3 is 4.74 Å². The van der Waals surface area contributed by atoms with Crippen LogP contribution in [0.5, 0.6) is 5.75 Å². The van der Waals surface area contributed by atoms with Gasteiger partial charge in [-0.3, -0.25) is 0 Å². The van der Waals surface area contributed by atoms with E-state index >= 15 is 0 Å². The van der Waals surface area contributed by atoms with Gasteiger partial charge >= 0.3 is 0 Å². The number of benzene rings is 1. The minimum Gasteiger partial charge on any atom is -0.497 e. The number of rotatable bonds is 4. The lowest BCUT2D eigenvalue weighted by Crippen LogP contribution is -2.50. The fraction of sp³-hybridized carbons (Fsp3) is 0.684. The molecule has 1 nitrogen and oxygen atoms in total. The van der Waals surface area contributed by atoms with E-state index in [0.717, 1.165) is 29.9 Å². The van der Waals surface area contributed by atoms with Gasteiger partial charge in [-0.05, 0) is 85.8 Å². The van der Waals surface area contributed by atoms with Crippen molar-refractivity contribution in [2.75, 3.05) is 7.11 Å². The molecule has 4 fully saturated rings. The van der Waals surface area contributed by atoms with Crippen molar-refractivity contribution in [2.24, 2.45) is 23.2 Å². The molecule has 0 aliphatic heterocycles. The summed E-state index contributed by atoms with van der Waals surface area (Å²) < 4.78 is 5.26. The van der Waals surface area contributed by atoms with Gasteiger partial charge in [0.1, 0.15) is 5.75 Å². The molecule has 1 aromatic rings. The predicted molar refractivity (Wildman–Crippen MR) is 90.0 cm³/mol. The summed E-state index contributed by atoms with van der Waals surface area (Å²) in [6, 6.07) is 8.64. The first kappa shape index (κ1) is 14.1. The Hall–Kier alpha value is -0.500. The van der Waals surface area contributed by atoms with Crippen molar-refractivity contribution in [3.05, 3.63) is 29.8 Å². The number of hydrogen-bond acceptors (Lipinski definition) is 1. The van der Waals surface area contributed by atoms with E-state index in [9.17, 15) is 0 Å². The molecule has 5 rings (SSSR count). The standard InChI is InChI=1S/C19H25BrO/c1-21-17-4-2-13(3-5-17)9-18(20)19-10-14-6-15(11-19)8-16(7-14)12-19/h2-5,14-16,18H,6-12H2,1H3. The van der Waals surface area contributed by atoms with Crippen molar-refractivity contribution in [1.82, 2.24) is 0 Å². The summed E-state index contributed by atoms with van der Waals surface area (Å²) in [5, 5.41) is 0. The Balaban J connectivity index is 1.50. The Morgan fingerprint density at radius 3 is 2.05 bits per heavy atom. The SMILES string of the molecule is COc1ccc(CC(Br)C23CC4CC(CC(C4)C2)C3)cc1. The lowest BCUT2D eigenvalue weighted by Gasteiger charge is -2.58. The summed E-state index contributed by atoms with van der Waals surface area (Å²) in [7, 11) is 1.73. The summed E-state index contributed by atoms with van der Waals surface area (Å²) in [6.45, 7) is 0. The predicted octanol–water partition coefficient (Wildman–Crippen LogP) is 5.22. The van der Waals surface area contributed by atoms with Crippen molar-refractivity contribution in [3.63, 3.8) is 0 Å². The number of alkyl halides is 1. The molecule has 0 radical (unpaired) electrons. The molecule has 4 aliphatic carbocycles. The fourth-order valence-corrected chi connectivity index (χ4v) is 6.68. The molecule has 0 spiro atoms. The molecular weight excluding hydrogens is 324 g/mol. The first-order valence-electron chi connectivity index (χ1n) is 8.44. The van der Waals surface area contributed by atoms with Crippen LogP contribution in [-0.2, 0) is 6.42 Å². The molecule has 0 saturated heterocycles. The smallest absolute Gasteiger partial charge is 0.118 e. The van der Waals surface area contributed by atoms with Crippen molar-refractivity contribution in [3.8, 4) is 5.75 Å². The van der Waals surface area contributed by atoms with Crippen LogP contribution >= 0.6 is 15.9 Å². The van der Waals surface area contributed by atoms with Crippen LogP contribution in [0.25, 0.3) is 0 Å². The van der Waals surface area contributed by atoms with E-state index in [1.54, 1.807) is 7.11 Å². The quantitative estimate of drug-likeness (QED) is 0.678. The van der Waals surface area contributed by atoms with Crippen molar-refractivity contribution in [1.29, 1.82) is 0 Å². The second-order valence-corrected chi connectivity index (χ2v) is 8.90. The van der Waals surface area contributed by atoms with Crippen LogP contribution < -0.4 is 4.74 Å². The van der Waals surface area contributed by atoms with Crippen LogP contribution in [0.4, 0.5) is 0 Å². The largest absolute Gasteiger partial charge is 0.497 e. The molecule has 0 N–H and O–H groups in total. The van der Waals surface area contributed by atoms with E-state index in [4.69, 9.17) is 4.74 Å². The van der Waals surface area contributed by atoms with Crippen LogP contribution in [0.2, 0.25) is 0 Å². The van der Waals surface area contributed by atoms with Gasteiger partial charge in [0.25, 0.3) is 0 Å². The molecule has 1 atom stereocenters. The lowest BCUT2D eigenvalue weighted by atomic mass is 9.48. The summed E-state index contributed by atoms with van der Waals surface area (Å²) >= 11 is 4.11. The number of hydrogen-bond donors (Lipinski definition) is 0. The van der Waals surface area contributed by atoms with Crippen molar-refractivity contribution < 1.29 is 4.74 Å². The van der Waals surface area contributed by atoms with Gasteiger partial charge in [-0.1, -0.05) is 28.1 Å². The zero-order valence-electron chi connectivity index (χ0n) is 12.9. The van der Waals surface area contributed by atoms with Gasteiger partial charge in [-0.2, -0.15) is 0 Å². The highest BCUT2D eigenvalue weighted by molar-refractivity contribution is 9.09. The summed E-state index contributed by atoms with van der Waals surface area (Å²) in [5.74, 6) is 4.06. The van der Waals surface area contributed by atoms with Crippen LogP contribution in [0.3, 0.4) is 0 Å². The summed E-state index contributed by atoms with van der Waals surface area (Å²) in [4.78, 5) is 0.645. The highest BCUT2D eigenvalue weighted by Crippen LogP contribution is 2.62. The second kappa shape index (κ2) is 5.30. The van der Waals surface area contributed by atoms with E-state index in [1.807, 2.05) is 0 Å². The van der Waals surface area contributed by atoms with Gasteiger partial charge in [0.05, 0.1) is 7.11 Å². The molecule has 114 valence electrons. The third-order valence-corrected chi connectivity index (χ3v) is 7.62. The van der Waals surface area contributed by atoms with Crippen LogP contribution in [-0.4, -0.2) is 11.9 Å². The normalized spacial score (nSPS) is 38.5. The first-order valence-corrected chi connectivity index (χ1v) is 9.35. The van der Waals surface area contributed by atoms with Crippen molar-refractivity contribution in [2.45, 2.75) is 49.8 Å². The van der Waals surface area contributed by atoms with Crippen LogP contribution in [0, 0.1) is 23.2 Å². The number of ether oxygens (including phenoxy) is 1. The van der Waals surface area contributed by atoms with E-state index in [0.29, 0.717) is 10.2 Å². The molecular formula is C19H25BrO. The lowest BCUT2D eigenvalue weighted by molar-refractivity contribution is -0.0522. The molecule has 1 aromatic carbocycles. The van der Waals surface area contributed by atoms with E-state index in [1.165, 1.54) is 44.1 Å². The number of methoxy groups -OCH3 is 1. The number of halogens is 1. The molecule has 21 heavy (non-hydrogen) atoms. The van der Waals surface area contributed by atoms with Crippen molar-refractivity contribution >= 4 is 15.9 Å². The molecule has 0 aromatic heterocycles. The van der Waals surface area contributed by atoms with Gasteiger partial charge in [-0.25, -0.2) is 0 Å². The Kier molecular flexibility index (Phi) is 3.56. The average molecular weight is 349 g/mol.